The molecule has 5 aliphatic carbocycles. The smallest absolute Gasteiger partial charge is 0.315 e. The topological polar surface area (TPSA) is 159 Å². The quantitative estimate of drug-likeness (QED) is 0.281. The SMILES string of the molecule is CC1(C)CC2C3=CCC4C5C[C@H](O)[C@H](O)C(CO)(CO)C5CCC4[C@]3(C)C[C@@H](O)[C@@]2(C(=O)O)[C@@H](O)C1. The number of carboxylic acid groups (broad SMARTS) is 1. The minimum absolute atomic E-state index is 0.00670. The van der Waals surface area contributed by atoms with Crippen LogP contribution in [0.5, 0.6) is 0 Å². The van der Waals surface area contributed by atoms with Crippen molar-refractivity contribution in [2.75, 3.05) is 13.2 Å². The fourth-order valence-electron chi connectivity index (χ4n) is 10.1. The Labute approximate surface area is 213 Å². The van der Waals surface area contributed by atoms with Gasteiger partial charge in [0.2, 0.25) is 0 Å². The second kappa shape index (κ2) is 8.48. The highest BCUT2D eigenvalue weighted by molar-refractivity contribution is 5.78. The first kappa shape index (κ1) is 26.6. The van der Waals surface area contributed by atoms with Crippen LogP contribution in [-0.2, 0) is 4.79 Å². The number of allylic oxidation sites excluding steroid dienone is 2. The molecule has 11 atom stereocenters. The van der Waals surface area contributed by atoms with E-state index in [9.17, 15) is 40.5 Å². The van der Waals surface area contributed by atoms with Crippen molar-refractivity contribution in [1.82, 2.24) is 0 Å². The molecule has 0 heterocycles. The summed E-state index contributed by atoms with van der Waals surface area (Å²) >= 11 is 0. The Morgan fingerprint density at radius 3 is 2.14 bits per heavy atom. The highest BCUT2D eigenvalue weighted by atomic mass is 16.4. The van der Waals surface area contributed by atoms with Crippen LogP contribution in [0.1, 0.15) is 65.7 Å². The predicted octanol–water partition coefficient (Wildman–Crippen LogP) is 1.31. The molecule has 0 radical (unpaired) electrons. The molecule has 5 aliphatic rings. The van der Waals surface area contributed by atoms with E-state index in [0.29, 0.717) is 32.1 Å². The molecule has 0 aromatic heterocycles. The van der Waals surface area contributed by atoms with Crippen molar-refractivity contribution in [2.24, 2.45) is 51.2 Å². The second-order valence-corrected chi connectivity index (χ2v) is 13.8. The van der Waals surface area contributed by atoms with Gasteiger partial charge in [0.1, 0.15) is 5.41 Å². The Bertz CT molecular complexity index is 927. The van der Waals surface area contributed by atoms with Crippen LogP contribution in [0.3, 0.4) is 0 Å². The van der Waals surface area contributed by atoms with Crippen LogP contribution in [-0.4, -0.2) is 79.3 Å². The van der Waals surface area contributed by atoms with Gasteiger partial charge in [-0.3, -0.25) is 4.79 Å². The molecule has 0 aromatic carbocycles. The molecule has 5 unspecified atom stereocenters. The largest absolute Gasteiger partial charge is 0.481 e. The number of rotatable bonds is 3. The lowest BCUT2D eigenvalue weighted by Crippen LogP contribution is -2.68. The van der Waals surface area contributed by atoms with Crippen LogP contribution in [0.15, 0.2) is 11.6 Å². The predicted molar refractivity (Wildman–Crippen MR) is 130 cm³/mol. The van der Waals surface area contributed by atoms with E-state index in [0.717, 1.165) is 12.0 Å². The summed E-state index contributed by atoms with van der Waals surface area (Å²) in [5.74, 6) is -1.46. The number of carbonyl (C=O) groups is 1. The Balaban J connectivity index is 1.57. The molecule has 0 aliphatic heterocycles. The Morgan fingerprint density at radius 1 is 0.917 bits per heavy atom. The molecule has 0 spiro atoms. The van der Waals surface area contributed by atoms with Crippen molar-refractivity contribution in [3.8, 4) is 0 Å². The van der Waals surface area contributed by atoms with Gasteiger partial charge < -0.3 is 35.7 Å². The fraction of sp³-hybridized carbons (Fsp3) is 0.893. The van der Waals surface area contributed by atoms with Crippen molar-refractivity contribution < 1.29 is 40.5 Å². The third kappa shape index (κ3) is 3.24. The molecule has 204 valence electrons. The fourth-order valence-corrected chi connectivity index (χ4v) is 10.1. The Kier molecular flexibility index (Phi) is 6.26. The molecule has 0 bridgehead atoms. The lowest BCUT2D eigenvalue weighted by atomic mass is 9.39. The van der Waals surface area contributed by atoms with Crippen LogP contribution >= 0.6 is 0 Å². The first-order valence-electron chi connectivity index (χ1n) is 13.7. The molecule has 4 saturated carbocycles. The minimum atomic E-state index is -1.61. The standard InChI is InChI=1S/C28H44O8/c1-25(2)9-19-18-5-4-14-15-8-20(31)23(34)27(12-29,13-30)17(15)7-6-16(14)26(18,3)11-22(33)28(19,24(35)36)21(32)10-25/h5,14-17,19-23,29-34H,4,6-13H2,1-3H3,(H,35,36)/t14?,15?,16?,17?,19?,20-,21-,22+,23-,26-,28-/m0/s1. The zero-order chi connectivity index (χ0) is 26.4. The van der Waals surface area contributed by atoms with Crippen molar-refractivity contribution >= 4 is 5.97 Å². The van der Waals surface area contributed by atoms with E-state index in [2.05, 4.69) is 26.8 Å². The summed E-state index contributed by atoms with van der Waals surface area (Å²) in [5.41, 5.74) is -2.43. The zero-order valence-electron chi connectivity index (χ0n) is 21.7. The number of aliphatic hydroxyl groups is 6. The number of aliphatic hydroxyl groups excluding tert-OH is 6. The molecule has 0 amide bonds. The van der Waals surface area contributed by atoms with Gasteiger partial charge in [-0.15, -0.1) is 0 Å². The molecule has 36 heavy (non-hydrogen) atoms. The normalized spacial score (nSPS) is 51.1. The van der Waals surface area contributed by atoms with Crippen LogP contribution < -0.4 is 0 Å². The van der Waals surface area contributed by atoms with E-state index in [1.165, 1.54) is 0 Å². The molecule has 0 aromatic rings. The van der Waals surface area contributed by atoms with E-state index >= 15 is 0 Å². The second-order valence-electron chi connectivity index (χ2n) is 13.8. The first-order chi connectivity index (χ1) is 16.8. The van der Waals surface area contributed by atoms with Crippen LogP contribution in [0.2, 0.25) is 0 Å². The number of aliphatic carboxylic acids is 1. The summed E-state index contributed by atoms with van der Waals surface area (Å²) in [6.45, 7) is 5.45. The average Bonchev–Trinajstić information content (AvgIpc) is 2.79. The summed E-state index contributed by atoms with van der Waals surface area (Å²) in [6, 6.07) is 0. The lowest BCUT2D eigenvalue weighted by Gasteiger charge is -2.65. The van der Waals surface area contributed by atoms with Crippen LogP contribution in [0.4, 0.5) is 0 Å². The average molecular weight is 509 g/mol. The zero-order valence-corrected chi connectivity index (χ0v) is 21.7. The Hall–Kier alpha value is -1.03. The van der Waals surface area contributed by atoms with Crippen molar-refractivity contribution in [2.45, 2.75) is 90.1 Å². The maximum Gasteiger partial charge on any atom is 0.315 e. The molecule has 8 nitrogen and oxygen atoms in total. The summed E-state index contributed by atoms with van der Waals surface area (Å²) in [7, 11) is 0. The number of hydrogen-bond acceptors (Lipinski definition) is 7. The van der Waals surface area contributed by atoms with E-state index in [1.54, 1.807) is 0 Å². The third-order valence-electron chi connectivity index (χ3n) is 11.8. The third-order valence-corrected chi connectivity index (χ3v) is 11.8. The van der Waals surface area contributed by atoms with E-state index in [1.807, 2.05) is 0 Å². The molecular formula is C28H44O8. The highest BCUT2D eigenvalue weighted by Gasteiger charge is 2.69. The van der Waals surface area contributed by atoms with Gasteiger partial charge in [-0.05, 0) is 79.4 Å². The number of hydrogen-bond donors (Lipinski definition) is 7. The maximum atomic E-state index is 12.8. The van der Waals surface area contributed by atoms with Gasteiger partial charge in [0.25, 0.3) is 0 Å². The van der Waals surface area contributed by atoms with Crippen LogP contribution in [0, 0.1) is 51.2 Å². The van der Waals surface area contributed by atoms with Crippen molar-refractivity contribution in [1.29, 1.82) is 0 Å². The van der Waals surface area contributed by atoms with Gasteiger partial charge in [-0.1, -0.05) is 32.4 Å². The maximum absolute atomic E-state index is 12.8. The molecular weight excluding hydrogens is 464 g/mol. The first-order valence-corrected chi connectivity index (χ1v) is 13.7. The molecule has 8 heteroatoms. The van der Waals surface area contributed by atoms with Gasteiger partial charge in [-0.2, -0.15) is 0 Å². The monoisotopic (exact) mass is 508 g/mol. The summed E-state index contributed by atoms with van der Waals surface area (Å²) in [4.78, 5) is 12.8. The number of carboxylic acids is 1. The van der Waals surface area contributed by atoms with E-state index in [-0.39, 0.29) is 35.5 Å². The number of fused-ring (bicyclic) bond motifs is 7. The van der Waals surface area contributed by atoms with Crippen molar-refractivity contribution in [3.63, 3.8) is 0 Å². The lowest BCUT2D eigenvalue weighted by molar-refractivity contribution is -0.221. The van der Waals surface area contributed by atoms with Gasteiger partial charge in [-0.25, -0.2) is 0 Å². The summed E-state index contributed by atoms with van der Waals surface area (Å²) in [6.07, 6.45) is 1.32. The van der Waals surface area contributed by atoms with Crippen molar-refractivity contribution in [3.05, 3.63) is 11.6 Å². The minimum Gasteiger partial charge on any atom is -0.481 e. The summed E-state index contributed by atoms with van der Waals surface area (Å²) < 4.78 is 0. The summed E-state index contributed by atoms with van der Waals surface area (Å²) in [5, 5.41) is 75.2. The molecule has 4 fully saturated rings. The van der Waals surface area contributed by atoms with Gasteiger partial charge >= 0.3 is 5.97 Å². The molecule has 0 saturated heterocycles. The van der Waals surface area contributed by atoms with Gasteiger partial charge in [0, 0.05) is 11.3 Å². The van der Waals surface area contributed by atoms with Crippen LogP contribution in [0.25, 0.3) is 0 Å². The van der Waals surface area contributed by atoms with Gasteiger partial charge in [0.05, 0.1) is 37.6 Å². The Morgan fingerprint density at radius 2 is 1.53 bits per heavy atom. The van der Waals surface area contributed by atoms with E-state index in [4.69, 9.17) is 0 Å². The van der Waals surface area contributed by atoms with Gasteiger partial charge in [0.15, 0.2) is 0 Å². The van der Waals surface area contributed by atoms with E-state index < -0.39 is 65.8 Å². The molecule has 5 rings (SSSR count). The molecule has 7 N–H and O–H groups in total. The highest BCUT2D eigenvalue weighted by Crippen LogP contribution is 2.69.